The van der Waals surface area contributed by atoms with Gasteiger partial charge in [0.05, 0.1) is 11.0 Å². The minimum atomic E-state index is 0.813. The van der Waals surface area contributed by atoms with Crippen molar-refractivity contribution < 1.29 is 0 Å². The van der Waals surface area contributed by atoms with E-state index < -0.39 is 0 Å². The van der Waals surface area contributed by atoms with E-state index in [2.05, 4.69) is 74.4 Å². The lowest BCUT2D eigenvalue weighted by atomic mass is 10.0. The molecule has 1 aromatic heterocycles. The molecule has 0 aliphatic rings. The van der Waals surface area contributed by atoms with Crippen LogP contribution >= 0.6 is 15.9 Å². The lowest BCUT2D eigenvalue weighted by Gasteiger charge is -2.04. The molecule has 21 heavy (non-hydrogen) atoms. The van der Waals surface area contributed by atoms with Crippen molar-refractivity contribution in [1.82, 2.24) is 9.97 Å². The maximum atomic E-state index is 4.68. The van der Waals surface area contributed by atoms with Crippen molar-refractivity contribution in [3.63, 3.8) is 0 Å². The van der Waals surface area contributed by atoms with Gasteiger partial charge in [0, 0.05) is 10.9 Å². The Morgan fingerprint density at radius 2 is 1.81 bits per heavy atom. The molecule has 3 aromatic carbocycles. The smallest absolute Gasteiger partial charge is 0.111 e. The maximum Gasteiger partial charge on any atom is 0.111 e. The number of hydrogen-bond acceptors (Lipinski definition) is 1. The fraction of sp³-hybridized carbons (Fsp3) is 0.0556. The molecular formula is C18H13BrN2. The summed E-state index contributed by atoms with van der Waals surface area (Å²) in [5.41, 5.74) is 3.37. The van der Waals surface area contributed by atoms with Crippen LogP contribution in [0.4, 0.5) is 0 Å². The zero-order valence-corrected chi connectivity index (χ0v) is 12.9. The third-order valence-electron chi connectivity index (χ3n) is 3.73. The number of aromatic amines is 1. The summed E-state index contributed by atoms with van der Waals surface area (Å²) in [5.74, 6) is 0.999. The third kappa shape index (κ3) is 2.34. The van der Waals surface area contributed by atoms with Crippen LogP contribution < -0.4 is 0 Å². The van der Waals surface area contributed by atoms with Crippen LogP contribution in [0, 0.1) is 0 Å². The van der Waals surface area contributed by atoms with Gasteiger partial charge in [0.15, 0.2) is 0 Å². The van der Waals surface area contributed by atoms with Gasteiger partial charge in [-0.15, -0.1) is 0 Å². The Labute approximate surface area is 131 Å². The summed E-state index contributed by atoms with van der Waals surface area (Å²) in [6.45, 7) is 0. The summed E-state index contributed by atoms with van der Waals surface area (Å²) in [7, 11) is 0. The second kappa shape index (κ2) is 5.01. The van der Waals surface area contributed by atoms with Crippen LogP contribution in [0.2, 0.25) is 0 Å². The summed E-state index contributed by atoms with van der Waals surface area (Å²) in [4.78, 5) is 8.09. The Morgan fingerprint density at radius 3 is 2.76 bits per heavy atom. The first kappa shape index (κ1) is 12.6. The van der Waals surface area contributed by atoms with E-state index in [4.69, 9.17) is 0 Å². The van der Waals surface area contributed by atoms with E-state index in [9.17, 15) is 0 Å². The molecule has 0 saturated heterocycles. The van der Waals surface area contributed by atoms with Gasteiger partial charge >= 0.3 is 0 Å². The van der Waals surface area contributed by atoms with Gasteiger partial charge < -0.3 is 4.98 Å². The molecule has 1 heterocycles. The van der Waals surface area contributed by atoms with Gasteiger partial charge in [0.2, 0.25) is 0 Å². The first-order valence-electron chi connectivity index (χ1n) is 6.90. The molecule has 0 aliphatic carbocycles. The zero-order chi connectivity index (χ0) is 14.2. The van der Waals surface area contributed by atoms with Crippen molar-refractivity contribution in [2.24, 2.45) is 0 Å². The van der Waals surface area contributed by atoms with Crippen molar-refractivity contribution >= 4 is 37.7 Å². The van der Waals surface area contributed by atoms with Crippen LogP contribution in [0.15, 0.2) is 65.1 Å². The number of hydrogen-bond donors (Lipinski definition) is 1. The third-order valence-corrected chi connectivity index (χ3v) is 4.22. The van der Waals surface area contributed by atoms with Gasteiger partial charge in [0.25, 0.3) is 0 Å². The molecule has 0 fully saturated rings. The molecule has 0 bridgehead atoms. The highest BCUT2D eigenvalue weighted by atomic mass is 79.9. The SMILES string of the molecule is Brc1ccc2nc(Cc3cccc4ccccc34)[nH]c2c1. The Morgan fingerprint density at radius 1 is 0.952 bits per heavy atom. The highest BCUT2D eigenvalue weighted by Crippen LogP contribution is 2.22. The molecule has 0 unspecified atom stereocenters. The molecule has 0 spiro atoms. The van der Waals surface area contributed by atoms with Gasteiger partial charge in [-0.1, -0.05) is 58.4 Å². The highest BCUT2D eigenvalue weighted by molar-refractivity contribution is 9.10. The first-order chi connectivity index (χ1) is 10.3. The number of H-pyrrole nitrogens is 1. The highest BCUT2D eigenvalue weighted by Gasteiger charge is 2.06. The number of aromatic nitrogens is 2. The number of benzene rings is 3. The number of imidazole rings is 1. The van der Waals surface area contributed by atoms with Gasteiger partial charge in [-0.05, 0) is 34.5 Å². The van der Waals surface area contributed by atoms with Crippen molar-refractivity contribution in [3.05, 3.63) is 76.5 Å². The van der Waals surface area contributed by atoms with Gasteiger partial charge in [-0.3, -0.25) is 0 Å². The standard InChI is InChI=1S/C18H13BrN2/c19-14-8-9-16-17(11-14)21-18(20-16)10-13-6-3-5-12-4-1-2-7-15(12)13/h1-9,11H,10H2,(H,20,21). The lowest BCUT2D eigenvalue weighted by Crippen LogP contribution is -1.91. The Bertz CT molecular complexity index is 935. The van der Waals surface area contributed by atoms with E-state index >= 15 is 0 Å². The molecule has 4 aromatic rings. The number of fused-ring (bicyclic) bond motifs is 2. The predicted octanol–water partition coefficient (Wildman–Crippen LogP) is 5.07. The van der Waals surface area contributed by atoms with E-state index in [0.717, 1.165) is 27.8 Å². The Kier molecular flexibility index (Phi) is 3.00. The van der Waals surface area contributed by atoms with E-state index in [0.29, 0.717) is 0 Å². The number of nitrogens with zero attached hydrogens (tertiary/aromatic N) is 1. The van der Waals surface area contributed by atoms with Crippen LogP contribution in [0.5, 0.6) is 0 Å². The average Bonchev–Trinajstić information content (AvgIpc) is 2.89. The monoisotopic (exact) mass is 336 g/mol. The lowest BCUT2D eigenvalue weighted by molar-refractivity contribution is 1.05. The topological polar surface area (TPSA) is 28.7 Å². The van der Waals surface area contributed by atoms with Crippen LogP contribution in [0.25, 0.3) is 21.8 Å². The molecule has 0 saturated carbocycles. The predicted molar refractivity (Wildman–Crippen MR) is 90.5 cm³/mol. The summed E-state index contributed by atoms with van der Waals surface area (Å²) in [5, 5.41) is 2.57. The fourth-order valence-corrected chi connectivity index (χ4v) is 3.11. The van der Waals surface area contributed by atoms with Gasteiger partial charge in [-0.25, -0.2) is 4.98 Å². The van der Waals surface area contributed by atoms with Crippen LogP contribution in [-0.4, -0.2) is 9.97 Å². The summed E-state index contributed by atoms with van der Waals surface area (Å²) in [6.07, 6.45) is 0.813. The molecule has 0 aliphatic heterocycles. The number of nitrogens with one attached hydrogen (secondary N) is 1. The van der Waals surface area contributed by atoms with Crippen LogP contribution in [0.1, 0.15) is 11.4 Å². The molecule has 4 rings (SSSR count). The average molecular weight is 337 g/mol. The van der Waals surface area contributed by atoms with E-state index in [1.54, 1.807) is 0 Å². The minimum absolute atomic E-state index is 0.813. The summed E-state index contributed by atoms with van der Waals surface area (Å²) >= 11 is 3.49. The maximum absolute atomic E-state index is 4.68. The van der Waals surface area contributed by atoms with E-state index in [-0.39, 0.29) is 0 Å². The van der Waals surface area contributed by atoms with Gasteiger partial charge in [-0.2, -0.15) is 0 Å². The van der Waals surface area contributed by atoms with Crippen molar-refractivity contribution in [3.8, 4) is 0 Å². The Balaban J connectivity index is 1.79. The number of halogens is 1. The quantitative estimate of drug-likeness (QED) is 0.544. The molecule has 102 valence electrons. The largest absolute Gasteiger partial charge is 0.342 e. The Hall–Kier alpha value is -2.13. The molecule has 0 amide bonds. The van der Waals surface area contributed by atoms with Crippen molar-refractivity contribution in [1.29, 1.82) is 0 Å². The molecule has 0 radical (unpaired) electrons. The second-order valence-electron chi connectivity index (χ2n) is 5.16. The zero-order valence-electron chi connectivity index (χ0n) is 11.3. The second-order valence-corrected chi connectivity index (χ2v) is 6.08. The van der Waals surface area contributed by atoms with E-state index in [1.807, 2.05) is 12.1 Å². The minimum Gasteiger partial charge on any atom is -0.342 e. The normalized spacial score (nSPS) is 11.3. The van der Waals surface area contributed by atoms with Gasteiger partial charge in [0.1, 0.15) is 5.82 Å². The van der Waals surface area contributed by atoms with E-state index in [1.165, 1.54) is 16.3 Å². The molecule has 3 heteroatoms. The van der Waals surface area contributed by atoms with Crippen molar-refractivity contribution in [2.45, 2.75) is 6.42 Å². The summed E-state index contributed by atoms with van der Waals surface area (Å²) < 4.78 is 1.07. The molecule has 0 atom stereocenters. The van der Waals surface area contributed by atoms with Crippen LogP contribution in [-0.2, 0) is 6.42 Å². The number of rotatable bonds is 2. The molecule has 1 N–H and O–H groups in total. The van der Waals surface area contributed by atoms with Crippen LogP contribution in [0.3, 0.4) is 0 Å². The van der Waals surface area contributed by atoms with Crippen molar-refractivity contribution in [2.75, 3.05) is 0 Å². The summed E-state index contributed by atoms with van der Waals surface area (Å²) in [6, 6.07) is 21.0. The molecule has 2 nitrogen and oxygen atoms in total. The molecular weight excluding hydrogens is 324 g/mol. The first-order valence-corrected chi connectivity index (χ1v) is 7.70. The fourth-order valence-electron chi connectivity index (χ4n) is 2.75.